The van der Waals surface area contributed by atoms with Crippen molar-refractivity contribution < 1.29 is 26.7 Å². The molecule has 1 fully saturated rings. The maximum atomic E-state index is 15.2. The summed E-state index contributed by atoms with van der Waals surface area (Å²) < 4.78 is 71.6. The van der Waals surface area contributed by atoms with Crippen LogP contribution in [0.5, 0.6) is 5.75 Å². The minimum absolute atomic E-state index is 0.150. The smallest absolute Gasteiger partial charge is 0.387 e. The van der Waals surface area contributed by atoms with Gasteiger partial charge >= 0.3 is 6.61 Å². The largest absolute Gasteiger partial charge is 0.429 e. The Hall–Kier alpha value is -2.89. The second kappa shape index (κ2) is 10.6. The highest BCUT2D eigenvalue weighted by Gasteiger charge is 2.22. The highest BCUT2D eigenvalue weighted by atomic mass is 19.3. The van der Waals surface area contributed by atoms with Crippen LogP contribution in [0.25, 0.3) is 10.8 Å². The molecule has 0 amide bonds. The van der Waals surface area contributed by atoms with Crippen LogP contribution in [0.15, 0.2) is 55.1 Å². The fourth-order valence-corrected chi connectivity index (χ4v) is 5.01. The normalized spacial score (nSPS) is 18.4. The molecule has 0 heterocycles. The summed E-state index contributed by atoms with van der Waals surface area (Å²) in [6.07, 6.45) is 8.02. The highest BCUT2D eigenvalue weighted by molar-refractivity contribution is 5.84. The lowest BCUT2D eigenvalue weighted by atomic mass is 9.77. The van der Waals surface area contributed by atoms with Crippen LogP contribution in [0.1, 0.15) is 54.7 Å². The molecule has 180 valence electrons. The van der Waals surface area contributed by atoms with Crippen LogP contribution in [-0.2, 0) is 12.8 Å². The Kier molecular flexibility index (Phi) is 7.54. The van der Waals surface area contributed by atoms with Gasteiger partial charge in [0.1, 0.15) is 5.82 Å². The van der Waals surface area contributed by atoms with Crippen LogP contribution in [0.4, 0.5) is 22.0 Å². The van der Waals surface area contributed by atoms with Crippen LogP contribution in [0.3, 0.4) is 0 Å². The number of halogens is 5. The van der Waals surface area contributed by atoms with Crippen LogP contribution < -0.4 is 4.74 Å². The van der Waals surface area contributed by atoms with E-state index in [-0.39, 0.29) is 24.2 Å². The standard InChI is InChI=1S/C28H27F5O/c1-2-3-17-4-7-19(8-5-17)21-12-13-23-22(16-21)11-10-20(26(23)31)9-6-18-14-24(29)27(25(30)15-18)34-28(32)33/h2,10-17,19,28H,1,3-9H2. The molecule has 0 unspecified atom stereocenters. The molecule has 1 aliphatic carbocycles. The molecule has 0 saturated heterocycles. The maximum Gasteiger partial charge on any atom is 0.387 e. The molecule has 34 heavy (non-hydrogen) atoms. The van der Waals surface area contributed by atoms with E-state index in [0.29, 0.717) is 22.8 Å². The molecule has 0 radical (unpaired) electrons. The third-order valence-corrected chi connectivity index (χ3v) is 6.82. The van der Waals surface area contributed by atoms with E-state index in [1.807, 2.05) is 24.3 Å². The number of rotatable bonds is 8. The van der Waals surface area contributed by atoms with Crippen LogP contribution >= 0.6 is 0 Å². The molecule has 1 saturated carbocycles. The molecular formula is C28H27F5O. The zero-order valence-corrected chi connectivity index (χ0v) is 18.8. The zero-order chi connectivity index (χ0) is 24.2. The van der Waals surface area contributed by atoms with Gasteiger partial charge in [0.25, 0.3) is 0 Å². The van der Waals surface area contributed by atoms with Gasteiger partial charge in [0.2, 0.25) is 0 Å². The number of allylic oxidation sites excluding steroid dienone is 1. The Morgan fingerprint density at radius 3 is 2.26 bits per heavy atom. The molecule has 3 aromatic rings. The van der Waals surface area contributed by atoms with Gasteiger partial charge < -0.3 is 4.74 Å². The maximum absolute atomic E-state index is 15.2. The van der Waals surface area contributed by atoms with Crippen molar-refractivity contribution in [3.63, 3.8) is 0 Å². The Labute approximate surface area is 196 Å². The summed E-state index contributed by atoms with van der Waals surface area (Å²) in [5.41, 5.74) is 1.89. The van der Waals surface area contributed by atoms with Gasteiger partial charge in [-0.05, 0) is 91.0 Å². The molecule has 4 rings (SSSR count). The van der Waals surface area contributed by atoms with Crippen molar-refractivity contribution in [2.75, 3.05) is 0 Å². The molecular weight excluding hydrogens is 447 g/mol. The van der Waals surface area contributed by atoms with Crippen molar-refractivity contribution in [2.24, 2.45) is 5.92 Å². The number of fused-ring (bicyclic) bond motifs is 1. The first-order valence-corrected chi connectivity index (χ1v) is 11.6. The molecule has 0 atom stereocenters. The SMILES string of the molecule is C=CCC1CCC(c2ccc3c(F)c(CCc4cc(F)c(OC(F)F)c(F)c4)ccc3c2)CC1. The van der Waals surface area contributed by atoms with Crippen LogP contribution in [0.2, 0.25) is 0 Å². The summed E-state index contributed by atoms with van der Waals surface area (Å²) in [4.78, 5) is 0. The zero-order valence-electron chi connectivity index (χ0n) is 18.8. The average Bonchev–Trinajstić information content (AvgIpc) is 2.81. The first kappa shape index (κ1) is 24.2. The van der Waals surface area contributed by atoms with Gasteiger partial charge in [0, 0.05) is 5.39 Å². The second-order valence-corrected chi connectivity index (χ2v) is 9.03. The number of ether oxygens (including phenoxy) is 1. The minimum atomic E-state index is -3.32. The van der Waals surface area contributed by atoms with E-state index in [0.717, 1.165) is 36.8 Å². The Morgan fingerprint density at radius 2 is 1.62 bits per heavy atom. The fraction of sp³-hybridized carbons (Fsp3) is 0.357. The average molecular weight is 475 g/mol. The first-order valence-electron chi connectivity index (χ1n) is 11.6. The molecule has 1 aliphatic rings. The Balaban J connectivity index is 1.47. The number of aryl methyl sites for hydroxylation is 2. The molecule has 3 aromatic carbocycles. The Bertz CT molecular complexity index is 1140. The van der Waals surface area contributed by atoms with Crippen molar-refractivity contribution in [1.29, 1.82) is 0 Å². The highest BCUT2D eigenvalue weighted by Crippen LogP contribution is 2.38. The fourth-order valence-electron chi connectivity index (χ4n) is 5.01. The predicted molar refractivity (Wildman–Crippen MR) is 124 cm³/mol. The van der Waals surface area contributed by atoms with Gasteiger partial charge in [-0.25, -0.2) is 13.2 Å². The third kappa shape index (κ3) is 5.43. The van der Waals surface area contributed by atoms with E-state index >= 15 is 4.39 Å². The summed E-state index contributed by atoms with van der Waals surface area (Å²) in [6.45, 7) is 0.509. The minimum Gasteiger partial charge on any atom is -0.429 e. The molecule has 6 heteroatoms. The summed E-state index contributed by atoms with van der Waals surface area (Å²) in [5.74, 6) is -2.68. The quantitative estimate of drug-likeness (QED) is 0.235. The van der Waals surface area contributed by atoms with Crippen molar-refractivity contribution >= 4 is 10.8 Å². The van der Waals surface area contributed by atoms with Gasteiger partial charge in [-0.3, -0.25) is 0 Å². The summed E-state index contributed by atoms with van der Waals surface area (Å²) in [5, 5.41) is 1.34. The van der Waals surface area contributed by atoms with Gasteiger partial charge in [-0.2, -0.15) is 8.78 Å². The van der Waals surface area contributed by atoms with Gasteiger partial charge in [0.05, 0.1) is 0 Å². The van der Waals surface area contributed by atoms with Crippen molar-refractivity contribution in [2.45, 2.75) is 57.5 Å². The number of benzene rings is 3. The van der Waals surface area contributed by atoms with Crippen LogP contribution in [0, 0.1) is 23.4 Å². The van der Waals surface area contributed by atoms with Crippen molar-refractivity contribution in [3.8, 4) is 5.75 Å². The topological polar surface area (TPSA) is 9.23 Å². The van der Waals surface area contributed by atoms with Crippen molar-refractivity contribution in [3.05, 3.63) is 89.3 Å². The molecule has 0 N–H and O–H groups in total. The van der Waals surface area contributed by atoms with E-state index < -0.39 is 24.0 Å². The number of hydrogen-bond donors (Lipinski definition) is 0. The van der Waals surface area contributed by atoms with E-state index in [1.54, 1.807) is 6.07 Å². The van der Waals surface area contributed by atoms with Gasteiger partial charge in [0.15, 0.2) is 17.4 Å². The number of hydrogen-bond acceptors (Lipinski definition) is 1. The summed E-state index contributed by atoms with van der Waals surface area (Å²) in [7, 11) is 0. The molecule has 0 spiro atoms. The van der Waals surface area contributed by atoms with E-state index in [9.17, 15) is 17.6 Å². The van der Waals surface area contributed by atoms with E-state index in [4.69, 9.17) is 0 Å². The van der Waals surface area contributed by atoms with Gasteiger partial charge in [-0.1, -0.05) is 36.4 Å². The predicted octanol–water partition coefficient (Wildman–Crippen LogP) is 8.49. The van der Waals surface area contributed by atoms with E-state index in [1.165, 1.54) is 18.4 Å². The first-order chi connectivity index (χ1) is 16.4. The third-order valence-electron chi connectivity index (χ3n) is 6.82. The molecule has 0 bridgehead atoms. The monoisotopic (exact) mass is 474 g/mol. The molecule has 1 nitrogen and oxygen atoms in total. The lowest BCUT2D eigenvalue weighted by molar-refractivity contribution is -0.0546. The molecule has 0 aromatic heterocycles. The second-order valence-electron chi connectivity index (χ2n) is 9.03. The van der Waals surface area contributed by atoms with Crippen LogP contribution in [-0.4, -0.2) is 6.61 Å². The summed E-state index contributed by atoms with van der Waals surface area (Å²) in [6, 6.07) is 11.3. The van der Waals surface area contributed by atoms with Gasteiger partial charge in [-0.15, -0.1) is 6.58 Å². The lowest BCUT2D eigenvalue weighted by Crippen LogP contribution is -2.12. The molecule has 0 aliphatic heterocycles. The van der Waals surface area contributed by atoms with Crippen molar-refractivity contribution in [1.82, 2.24) is 0 Å². The summed E-state index contributed by atoms with van der Waals surface area (Å²) >= 11 is 0. The van der Waals surface area contributed by atoms with E-state index in [2.05, 4.69) is 17.4 Å². The number of alkyl halides is 2. The lowest BCUT2D eigenvalue weighted by Gasteiger charge is -2.28. The Morgan fingerprint density at radius 1 is 0.912 bits per heavy atom.